The van der Waals surface area contributed by atoms with E-state index in [0.717, 1.165) is 25.5 Å². The smallest absolute Gasteiger partial charge is 0.306 e. The third-order valence-electron chi connectivity index (χ3n) is 2.52. The van der Waals surface area contributed by atoms with Crippen molar-refractivity contribution in [2.24, 2.45) is 0 Å². The molecule has 74 valence electrons. The molecular weight excluding hydrogens is 168 g/mol. The molecule has 0 aliphatic heterocycles. The maximum atomic E-state index is 11.1. The highest BCUT2D eigenvalue weighted by Crippen LogP contribution is 2.30. The molecule has 0 heterocycles. The van der Waals surface area contributed by atoms with Crippen LogP contribution in [0.25, 0.3) is 0 Å². The molecule has 1 saturated carbocycles. The summed E-state index contributed by atoms with van der Waals surface area (Å²) in [5, 5.41) is 0. The number of aldehydes is 1. The van der Waals surface area contributed by atoms with Crippen molar-refractivity contribution in [1.29, 1.82) is 0 Å². The summed E-state index contributed by atoms with van der Waals surface area (Å²) in [6.45, 7) is 1.74. The maximum Gasteiger partial charge on any atom is 0.306 e. The first kappa shape index (κ1) is 10.2. The molecular formula is C10H16O3. The standard InChI is InChI=1S/C10H16O3/c1-2-9(12)13-10(8-11)6-4-3-5-7-10/h8H,2-7H2,1H3. The van der Waals surface area contributed by atoms with E-state index in [1.807, 2.05) is 0 Å². The lowest BCUT2D eigenvalue weighted by atomic mass is 9.86. The van der Waals surface area contributed by atoms with Gasteiger partial charge in [0, 0.05) is 6.42 Å². The average molecular weight is 184 g/mol. The maximum absolute atomic E-state index is 11.1. The van der Waals surface area contributed by atoms with Crippen LogP contribution in [0.5, 0.6) is 0 Å². The van der Waals surface area contributed by atoms with Crippen molar-refractivity contribution in [1.82, 2.24) is 0 Å². The molecule has 0 aromatic carbocycles. The van der Waals surface area contributed by atoms with Crippen LogP contribution in [0, 0.1) is 0 Å². The molecule has 1 aliphatic carbocycles. The Morgan fingerprint density at radius 3 is 2.46 bits per heavy atom. The Bertz CT molecular complexity index is 192. The Morgan fingerprint density at radius 1 is 1.38 bits per heavy atom. The Kier molecular flexibility index (Phi) is 3.46. The highest BCUT2D eigenvalue weighted by Gasteiger charge is 2.35. The van der Waals surface area contributed by atoms with Gasteiger partial charge in [-0.2, -0.15) is 0 Å². The van der Waals surface area contributed by atoms with E-state index in [-0.39, 0.29) is 5.97 Å². The molecule has 0 radical (unpaired) electrons. The third-order valence-corrected chi connectivity index (χ3v) is 2.52. The van der Waals surface area contributed by atoms with Crippen molar-refractivity contribution >= 4 is 12.3 Å². The monoisotopic (exact) mass is 184 g/mol. The number of rotatable bonds is 3. The minimum atomic E-state index is -0.786. The summed E-state index contributed by atoms with van der Waals surface area (Å²) in [7, 11) is 0. The highest BCUT2D eigenvalue weighted by molar-refractivity contribution is 5.74. The summed E-state index contributed by atoms with van der Waals surface area (Å²) < 4.78 is 5.17. The van der Waals surface area contributed by atoms with Crippen LogP contribution in [0.4, 0.5) is 0 Å². The molecule has 3 heteroatoms. The van der Waals surface area contributed by atoms with Crippen LogP contribution in [0.3, 0.4) is 0 Å². The number of ether oxygens (including phenoxy) is 1. The van der Waals surface area contributed by atoms with E-state index >= 15 is 0 Å². The van der Waals surface area contributed by atoms with Crippen molar-refractivity contribution in [3.63, 3.8) is 0 Å². The minimum Gasteiger partial charge on any atom is -0.451 e. The zero-order valence-electron chi connectivity index (χ0n) is 8.04. The van der Waals surface area contributed by atoms with Gasteiger partial charge in [-0.3, -0.25) is 9.59 Å². The van der Waals surface area contributed by atoms with Gasteiger partial charge in [0.2, 0.25) is 0 Å². The molecule has 0 N–H and O–H groups in total. The predicted molar refractivity (Wildman–Crippen MR) is 48.3 cm³/mol. The first-order chi connectivity index (χ1) is 6.22. The third kappa shape index (κ3) is 2.54. The fourth-order valence-corrected chi connectivity index (χ4v) is 1.69. The second kappa shape index (κ2) is 4.40. The van der Waals surface area contributed by atoms with Crippen LogP contribution in [-0.2, 0) is 14.3 Å². The Balaban J connectivity index is 2.57. The van der Waals surface area contributed by atoms with Crippen molar-refractivity contribution in [3.05, 3.63) is 0 Å². The first-order valence-electron chi connectivity index (χ1n) is 4.90. The molecule has 0 atom stereocenters. The quantitative estimate of drug-likeness (QED) is 0.496. The average Bonchev–Trinajstić information content (AvgIpc) is 2.19. The zero-order chi connectivity index (χ0) is 9.73. The fraction of sp³-hybridized carbons (Fsp3) is 0.800. The second-order valence-electron chi connectivity index (χ2n) is 3.57. The Morgan fingerprint density at radius 2 is 2.00 bits per heavy atom. The Labute approximate surface area is 78.5 Å². The summed E-state index contributed by atoms with van der Waals surface area (Å²) in [6.07, 6.45) is 5.64. The number of esters is 1. The molecule has 0 spiro atoms. The number of carbonyl (C=O) groups is 2. The van der Waals surface area contributed by atoms with E-state index in [0.29, 0.717) is 19.3 Å². The molecule has 1 aliphatic rings. The number of hydrogen-bond donors (Lipinski definition) is 0. The van der Waals surface area contributed by atoms with Gasteiger partial charge in [-0.25, -0.2) is 0 Å². The van der Waals surface area contributed by atoms with E-state index < -0.39 is 5.60 Å². The van der Waals surface area contributed by atoms with E-state index in [9.17, 15) is 9.59 Å². The lowest BCUT2D eigenvalue weighted by Gasteiger charge is -2.31. The Hall–Kier alpha value is -0.860. The fourth-order valence-electron chi connectivity index (χ4n) is 1.69. The van der Waals surface area contributed by atoms with Crippen LogP contribution >= 0.6 is 0 Å². The molecule has 0 amide bonds. The van der Waals surface area contributed by atoms with Crippen molar-refractivity contribution in [3.8, 4) is 0 Å². The van der Waals surface area contributed by atoms with Gasteiger partial charge in [-0.1, -0.05) is 13.3 Å². The molecule has 3 nitrogen and oxygen atoms in total. The van der Waals surface area contributed by atoms with E-state index in [4.69, 9.17) is 4.74 Å². The molecule has 1 rings (SSSR count). The van der Waals surface area contributed by atoms with Gasteiger partial charge in [0.1, 0.15) is 0 Å². The van der Waals surface area contributed by atoms with Gasteiger partial charge in [0.25, 0.3) is 0 Å². The van der Waals surface area contributed by atoms with Crippen molar-refractivity contribution < 1.29 is 14.3 Å². The molecule has 1 fully saturated rings. The van der Waals surface area contributed by atoms with Gasteiger partial charge in [0.05, 0.1) is 0 Å². The zero-order valence-corrected chi connectivity index (χ0v) is 8.04. The summed E-state index contributed by atoms with van der Waals surface area (Å²) in [4.78, 5) is 21.9. The lowest BCUT2D eigenvalue weighted by Crippen LogP contribution is -2.38. The molecule has 0 aromatic rings. The van der Waals surface area contributed by atoms with Crippen LogP contribution < -0.4 is 0 Å². The van der Waals surface area contributed by atoms with Crippen molar-refractivity contribution in [2.75, 3.05) is 0 Å². The van der Waals surface area contributed by atoms with Gasteiger partial charge < -0.3 is 4.74 Å². The molecule has 13 heavy (non-hydrogen) atoms. The number of hydrogen-bond acceptors (Lipinski definition) is 3. The summed E-state index contributed by atoms with van der Waals surface area (Å²) in [5.74, 6) is -0.269. The summed E-state index contributed by atoms with van der Waals surface area (Å²) in [6, 6.07) is 0. The van der Waals surface area contributed by atoms with Crippen LogP contribution in [0.1, 0.15) is 45.4 Å². The van der Waals surface area contributed by atoms with Gasteiger partial charge in [-0.05, 0) is 25.7 Å². The first-order valence-corrected chi connectivity index (χ1v) is 4.90. The van der Waals surface area contributed by atoms with E-state index in [2.05, 4.69) is 0 Å². The van der Waals surface area contributed by atoms with Crippen molar-refractivity contribution in [2.45, 2.75) is 51.0 Å². The van der Waals surface area contributed by atoms with E-state index in [1.54, 1.807) is 6.92 Å². The summed E-state index contributed by atoms with van der Waals surface area (Å²) in [5.41, 5.74) is -0.786. The molecule has 0 bridgehead atoms. The highest BCUT2D eigenvalue weighted by atomic mass is 16.6. The van der Waals surface area contributed by atoms with Crippen LogP contribution in [0.15, 0.2) is 0 Å². The van der Waals surface area contributed by atoms with E-state index in [1.165, 1.54) is 0 Å². The minimum absolute atomic E-state index is 0.269. The van der Waals surface area contributed by atoms with Crippen LogP contribution in [0.2, 0.25) is 0 Å². The predicted octanol–water partition coefficient (Wildman–Crippen LogP) is 1.84. The summed E-state index contributed by atoms with van der Waals surface area (Å²) >= 11 is 0. The molecule has 0 aromatic heterocycles. The van der Waals surface area contributed by atoms with Crippen LogP contribution in [-0.4, -0.2) is 17.9 Å². The molecule has 0 unspecified atom stereocenters. The largest absolute Gasteiger partial charge is 0.451 e. The topological polar surface area (TPSA) is 43.4 Å². The lowest BCUT2D eigenvalue weighted by molar-refractivity contribution is -0.165. The normalized spacial score (nSPS) is 20.7. The van der Waals surface area contributed by atoms with Gasteiger partial charge >= 0.3 is 5.97 Å². The second-order valence-corrected chi connectivity index (χ2v) is 3.57. The van der Waals surface area contributed by atoms with Gasteiger partial charge in [0.15, 0.2) is 11.9 Å². The van der Waals surface area contributed by atoms with Gasteiger partial charge in [-0.15, -0.1) is 0 Å². The SMILES string of the molecule is CCC(=O)OC1(C=O)CCCCC1. The number of carbonyl (C=O) groups excluding carboxylic acids is 2. The molecule has 0 saturated heterocycles.